The normalized spacial score (nSPS) is 10.9. The minimum Gasteiger partial charge on any atom is -0.294 e. The molecule has 0 bridgehead atoms. The second-order valence-corrected chi connectivity index (χ2v) is 5.10. The zero-order valence-electron chi connectivity index (χ0n) is 9.83. The molecular weight excluding hydrogens is 246 g/mol. The molecule has 0 aliphatic heterocycles. The van der Waals surface area contributed by atoms with Gasteiger partial charge in [-0.2, -0.15) is 5.10 Å². The van der Waals surface area contributed by atoms with Crippen LogP contribution in [0, 0.1) is 0 Å². The number of aromatic nitrogens is 3. The Bertz CT molecular complexity index is 714. The molecule has 18 heavy (non-hydrogen) atoms. The predicted molar refractivity (Wildman–Crippen MR) is 70.9 cm³/mol. The Morgan fingerprint density at radius 1 is 1.44 bits per heavy atom. The molecule has 0 radical (unpaired) electrons. The number of hydrogen-bond acceptors (Lipinski definition) is 4. The molecule has 0 atom stereocenters. The predicted octanol–water partition coefficient (Wildman–Crippen LogP) is 2.46. The topological polar surface area (TPSA) is 47.8 Å². The molecule has 0 aliphatic rings. The van der Waals surface area contributed by atoms with Gasteiger partial charge in [0.05, 0.1) is 16.4 Å². The smallest absolute Gasteiger partial charge is 0.168 e. The van der Waals surface area contributed by atoms with E-state index in [0.717, 1.165) is 15.8 Å². The Morgan fingerprint density at radius 3 is 3.11 bits per heavy atom. The summed E-state index contributed by atoms with van der Waals surface area (Å²) in [6.45, 7) is 0. The van der Waals surface area contributed by atoms with Crippen LogP contribution in [0.15, 0.2) is 36.1 Å². The van der Waals surface area contributed by atoms with E-state index in [4.69, 9.17) is 0 Å². The van der Waals surface area contributed by atoms with Gasteiger partial charge < -0.3 is 0 Å². The summed E-state index contributed by atoms with van der Waals surface area (Å²) in [7, 11) is 1.84. The van der Waals surface area contributed by atoms with Crippen molar-refractivity contribution in [2.75, 3.05) is 0 Å². The molecule has 0 unspecified atom stereocenters. The van der Waals surface area contributed by atoms with E-state index in [0.29, 0.717) is 12.0 Å². The minimum absolute atomic E-state index is 0.0748. The van der Waals surface area contributed by atoms with Crippen LogP contribution in [-0.4, -0.2) is 20.5 Å². The van der Waals surface area contributed by atoms with E-state index in [1.165, 1.54) is 0 Å². The lowest BCUT2D eigenvalue weighted by Gasteiger charge is -1.99. The number of rotatable bonds is 3. The highest BCUT2D eigenvalue weighted by Gasteiger charge is 2.10. The summed E-state index contributed by atoms with van der Waals surface area (Å²) in [5, 5.41) is 6.04. The molecule has 0 amide bonds. The maximum Gasteiger partial charge on any atom is 0.168 e. The fraction of sp³-hybridized carbons (Fsp3) is 0.154. The quantitative estimate of drug-likeness (QED) is 0.677. The van der Waals surface area contributed by atoms with Gasteiger partial charge in [0.2, 0.25) is 0 Å². The first-order chi connectivity index (χ1) is 8.72. The van der Waals surface area contributed by atoms with Gasteiger partial charge in [0.15, 0.2) is 5.78 Å². The summed E-state index contributed by atoms with van der Waals surface area (Å²) in [6, 6.07) is 3.86. The van der Waals surface area contributed by atoms with Gasteiger partial charge in [-0.1, -0.05) is 0 Å². The maximum absolute atomic E-state index is 12.1. The van der Waals surface area contributed by atoms with Crippen molar-refractivity contribution < 1.29 is 4.79 Å². The van der Waals surface area contributed by atoms with Gasteiger partial charge >= 0.3 is 0 Å². The number of Topliss-reactive ketones (excluding diaryl/α,β-unsaturated/α-hetero) is 1. The molecule has 0 aromatic carbocycles. The van der Waals surface area contributed by atoms with Gasteiger partial charge in [-0.05, 0) is 23.1 Å². The fourth-order valence-corrected chi connectivity index (χ4v) is 2.63. The van der Waals surface area contributed by atoms with Crippen molar-refractivity contribution in [1.29, 1.82) is 0 Å². The molecule has 3 aromatic heterocycles. The molecule has 90 valence electrons. The van der Waals surface area contributed by atoms with E-state index < -0.39 is 0 Å². The van der Waals surface area contributed by atoms with Crippen LogP contribution >= 0.6 is 11.3 Å². The van der Waals surface area contributed by atoms with Crippen LogP contribution in [0.4, 0.5) is 0 Å². The molecule has 0 saturated heterocycles. The molecule has 3 heterocycles. The summed E-state index contributed by atoms with van der Waals surface area (Å²) < 4.78 is 2.75. The summed E-state index contributed by atoms with van der Waals surface area (Å²) in [4.78, 5) is 16.4. The largest absolute Gasteiger partial charge is 0.294 e. The number of carbonyl (C=O) groups is 1. The number of fused-ring (bicyclic) bond motifs is 1. The fourth-order valence-electron chi connectivity index (χ4n) is 1.85. The summed E-state index contributed by atoms with van der Waals surface area (Å²) in [6.07, 6.45) is 5.59. The average molecular weight is 257 g/mol. The summed E-state index contributed by atoms with van der Waals surface area (Å²) in [5.74, 6) is 0.0748. The van der Waals surface area contributed by atoms with Crippen LogP contribution in [0.2, 0.25) is 0 Å². The standard InChI is InChI=1S/C13H11N3OS/c1-16-8-9(6-15-16)4-12(17)10-5-13-11(14-7-10)2-3-18-13/h2-3,5-8H,4H2,1H3. The van der Waals surface area contributed by atoms with Crippen LogP contribution < -0.4 is 0 Å². The Morgan fingerprint density at radius 2 is 2.33 bits per heavy atom. The van der Waals surface area contributed by atoms with E-state index in [9.17, 15) is 4.79 Å². The lowest BCUT2D eigenvalue weighted by atomic mass is 10.1. The first kappa shape index (κ1) is 11.1. The first-order valence-corrected chi connectivity index (χ1v) is 6.44. The molecule has 3 rings (SSSR count). The van der Waals surface area contributed by atoms with Crippen LogP contribution in [-0.2, 0) is 13.5 Å². The molecular formula is C13H11N3OS. The molecule has 0 saturated carbocycles. The van der Waals surface area contributed by atoms with E-state index in [1.807, 2.05) is 30.8 Å². The summed E-state index contributed by atoms with van der Waals surface area (Å²) in [5.41, 5.74) is 2.53. The van der Waals surface area contributed by atoms with Gasteiger partial charge in [0, 0.05) is 31.4 Å². The lowest BCUT2D eigenvalue weighted by Crippen LogP contribution is -2.03. The van der Waals surface area contributed by atoms with Crippen LogP contribution in [0.25, 0.3) is 10.2 Å². The molecule has 0 aliphatic carbocycles. The van der Waals surface area contributed by atoms with Crippen LogP contribution in [0.5, 0.6) is 0 Å². The summed E-state index contributed by atoms with van der Waals surface area (Å²) >= 11 is 1.60. The highest BCUT2D eigenvalue weighted by atomic mass is 32.1. The first-order valence-electron chi connectivity index (χ1n) is 5.56. The number of pyridine rings is 1. The third-order valence-corrected chi connectivity index (χ3v) is 3.60. The van der Waals surface area contributed by atoms with Gasteiger partial charge in [0.25, 0.3) is 0 Å². The third kappa shape index (κ3) is 2.04. The van der Waals surface area contributed by atoms with Crippen molar-refractivity contribution in [3.63, 3.8) is 0 Å². The second-order valence-electron chi connectivity index (χ2n) is 4.15. The number of aryl methyl sites for hydroxylation is 1. The molecule has 0 spiro atoms. The van der Waals surface area contributed by atoms with Gasteiger partial charge in [-0.15, -0.1) is 11.3 Å². The van der Waals surface area contributed by atoms with Crippen molar-refractivity contribution in [3.05, 3.63) is 47.2 Å². The Balaban J connectivity index is 1.87. The zero-order valence-corrected chi connectivity index (χ0v) is 10.6. The number of nitrogens with zero attached hydrogens (tertiary/aromatic N) is 3. The van der Waals surface area contributed by atoms with Crippen molar-refractivity contribution in [1.82, 2.24) is 14.8 Å². The van der Waals surface area contributed by atoms with Crippen LogP contribution in [0.3, 0.4) is 0 Å². The van der Waals surface area contributed by atoms with Crippen molar-refractivity contribution in [2.45, 2.75) is 6.42 Å². The second kappa shape index (κ2) is 4.34. The number of hydrogen-bond donors (Lipinski definition) is 0. The Hall–Kier alpha value is -2.01. The van der Waals surface area contributed by atoms with Crippen molar-refractivity contribution >= 4 is 27.3 Å². The highest BCUT2D eigenvalue weighted by molar-refractivity contribution is 7.17. The zero-order chi connectivity index (χ0) is 12.5. The Kier molecular flexibility index (Phi) is 2.68. The van der Waals surface area contributed by atoms with Gasteiger partial charge in [-0.25, -0.2) is 0 Å². The van der Waals surface area contributed by atoms with Gasteiger partial charge in [-0.3, -0.25) is 14.5 Å². The van der Waals surface area contributed by atoms with E-state index in [2.05, 4.69) is 10.1 Å². The van der Waals surface area contributed by atoms with Crippen LogP contribution in [0.1, 0.15) is 15.9 Å². The SMILES string of the molecule is Cn1cc(CC(=O)c2cnc3ccsc3c2)cn1. The molecule has 3 aromatic rings. The number of carbonyl (C=O) groups excluding carboxylic acids is 1. The number of thiophene rings is 1. The highest BCUT2D eigenvalue weighted by Crippen LogP contribution is 2.20. The molecule has 0 N–H and O–H groups in total. The van der Waals surface area contributed by atoms with E-state index in [1.54, 1.807) is 28.4 Å². The van der Waals surface area contributed by atoms with E-state index in [-0.39, 0.29) is 5.78 Å². The third-order valence-electron chi connectivity index (χ3n) is 2.75. The van der Waals surface area contributed by atoms with Gasteiger partial charge in [0.1, 0.15) is 0 Å². The van der Waals surface area contributed by atoms with Crippen molar-refractivity contribution in [2.24, 2.45) is 7.05 Å². The lowest BCUT2D eigenvalue weighted by molar-refractivity contribution is 0.0993. The van der Waals surface area contributed by atoms with Crippen molar-refractivity contribution in [3.8, 4) is 0 Å². The molecule has 5 heteroatoms. The van der Waals surface area contributed by atoms with E-state index >= 15 is 0 Å². The Labute approximate surface area is 108 Å². The number of ketones is 1. The molecule has 4 nitrogen and oxygen atoms in total. The average Bonchev–Trinajstić information content (AvgIpc) is 2.96. The monoisotopic (exact) mass is 257 g/mol. The molecule has 0 fully saturated rings. The maximum atomic E-state index is 12.1. The minimum atomic E-state index is 0.0748.